The van der Waals surface area contributed by atoms with E-state index in [0.717, 1.165) is 57.8 Å². The van der Waals surface area contributed by atoms with Crippen LogP contribution in [0.1, 0.15) is 40.5 Å². The summed E-state index contributed by atoms with van der Waals surface area (Å²) in [6.07, 6.45) is 2.99. The zero-order valence-electron chi connectivity index (χ0n) is 22.0. The van der Waals surface area contributed by atoms with Crippen LogP contribution in [0.4, 0.5) is 5.69 Å². The fourth-order valence-corrected chi connectivity index (χ4v) is 5.13. The van der Waals surface area contributed by atoms with E-state index < -0.39 is 5.41 Å². The van der Waals surface area contributed by atoms with E-state index >= 15 is 0 Å². The van der Waals surface area contributed by atoms with E-state index in [4.69, 9.17) is 14.5 Å². The van der Waals surface area contributed by atoms with Crippen LogP contribution in [0.2, 0.25) is 0 Å². The van der Waals surface area contributed by atoms with Crippen molar-refractivity contribution in [3.8, 4) is 23.1 Å². The predicted molar refractivity (Wildman–Crippen MR) is 149 cm³/mol. The van der Waals surface area contributed by atoms with Crippen molar-refractivity contribution in [1.82, 2.24) is 15.3 Å². The lowest BCUT2D eigenvalue weighted by molar-refractivity contribution is 0.0757. The maximum absolute atomic E-state index is 13.0. The number of amides is 1. The summed E-state index contributed by atoms with van der Waals surface area (Å²) in [6, 6.07) is 19.9. The lowest BCUT2D eigenvalue weighted by Crippen LogP contribution is -2.36. The van der Waals surface area contributed by atoms with Crippen molar-refractivity contribution >= 4 is 22.5 Å². The Labute approximate surface area is 227 Å². The van der Waals surface area contributed by atoms with Crippen molar-refractivity contribution in [3.05, 3.63) is 83.2 Å². The number of carbonyl (C=O) groups excluding carboxylic acids is 1. The van der Waals surface area contributed by atoms with Crippen molar-refractivity contribution in [1.29, 1.82) is 5.26 Å². The van der Waals surface area contributed by atoms with Gasteiger partial charge in [-0.2, -0.15) is 5.26 Å². The number of carbonyl (C=O) groups is 1. The van der Waals surface area contributed by atoms with Crippen molar-refractivity contribution in [2.24, 2.45) is 0 Å². The Bertz CT molecular complexity index is 1620. The van der Waals surface area contributed by atoms with Crippen LogP contribution in [0.3, 0.4) is 0 Å². The van der Waals surface area contributed by atoms with Crippen molar-refractivity contribution in [2.75, 3.05) is 31.7 Å². The molecule has 1 fully saturated rings. The standard InChI is InChI=1S/C31H29N5O3/c1-31(18-32)19-39-17-22-5-4-20(12-26(22)31)30(37)34-16-23-13-28-21(15-33-23)6-9-27(35-28)25-8-7-24(14-29(25)38-2)36-10-3-11-36/h4-9,12-15H,3,10-11,16-17,19H2,1-2H3,(H,34,37)/t31-/m1/s1. The Morgan fingerprint density at radius 2 is 2.05 bits per heavy atom. The molecule has 4 heterocycles. The Kier molecular flexibility index (Phi) is 6.37. The minimum absolute atomic E-state index is 0.222. The van der Waals surface area contributed by atoms with Gasteiger partial charge in [-0.25, -0.2) is 4.98 Å². The van der Waals surface area contributed by atoms with Crippen LogP contribution in [0, 0.1) is 11.3 Å². The molecule has 8 nitrogen and oxygen atoms in total. The number of hydrogen-bond donors (Lipinski definition) is 1. The van der Waals surface area contributed by atoms with Gasteiger partial charge < -0.3 is 19.7 Å². The minimum Gasteiger partial charge on any atom is -0.496 e. The summed E-state index contributed by atoms with van der Waals surface area (Å²) >= 11 is 0. The molecule has 8 heteroatoms. The average molecular weight is 520 g/mol. The van der Waals surface area contributed by atoms with Crippen LogP contribution < -0.4 is 15.0 Å². The lowest BCUT2D eigenvalue weighted by Gasteiger charge is -2.33. The Hall–Kier alpha value is -4.48. The summed E-state index contributed by atoms with van der Waals surface area (Å²) in [7, 11) is 1.68. The van der Waals surface area contributed by atoms with Gasteiger partial charge in [0.2, 0.25) is 0 Å². The number of nitrogens with one attached hydrogen (secondary N) is 1. The highest BCUT2D eigenvalue weighted by molar-refractivity contribution is 5.94. The van der Waals surface area contributed by atoms with Gasteiger partial charge in [-0.3, -0.25) is 9.78 Å². The van der Waals surface area contributed by atoms with Gasteiger partial charge in [0.25, 0.3) is 5.91 Å². The molecule has 2 aromatic carbocycles. The third-order valence-corrected chi connectivity index (χ3v) is 7.60. The first kappa shape index (κ1) is 24.8. The van der Waals surface area contributed by atoms with Gasteiger partial charge in [0, 0.05) is 47.6 Å². The molecular formula is C31H29N5O3. The number of ether oxygens (including phenoxy) is 2. The van der Waals surface area contributed by atoms with Gasteiger partial charge in [0.1, 0.15) is 11.2 Å². The van der Waals surface area contributed by atoms with Gasteiger partial charge in [0.15, 0.2) is 0 Å². The number of aromatic nitrogens is 2. The summed E-state index contributed by atoms with van der Waals surface area (Å²) in [5, 5.41) is 13.6. The number of hydrogen-bond acceptors (Lipinski definition) is 7. The number of nitriles is 1. The van der Waals surface area contributed by atoms with Crippen molar-refractivity contribution in [3.63, 3.8) is 0 Å². The highest BCUT2D eigenvalue weighted by Gasteiger charge is 2.33. The molecule has 1 amide bonds. The monoisotopic (exact) mass is 519 g/mol. The molecule has 6 rings (SSSR count). The molecule has 0 unspecified atom stereocenters. The number of fused-ring (bicyclic) bond motifs is 2. The van der Waals surface area contributed by atoms with E-state index in [-0.39, 0.29) is 12.5 Å². The van der Waals surface area contributed by atoms with Crippen LogP contribution in [-0.4, -0.2) is 42.7 Å². The molecule has 2 aliphatic heterocycles. The third-order valence-electron chi connectivity index (χ3n) is 7.60. The highest BCUT2D eigenvalue weighted by atomic mass is 16.5. The fraction of sp³-hybridized carbons (Fsp3) is 0.290. The number of nitrogens with zero attached hydrogens (tertiary/aromatic N) is 4. The molecule has 0 saturated carbocycles. The Morgan fingerprint density at radius 3 is 2.82 bits per heavy atom. The zero-order valence-corrected chi connectivity index (χ0v) is 22.0. The molecule has 2 aliphatic rings. The Balaban J connectivity index is 1.21. The quantitative estimate of drug-likeness (QED) is 0.392. The van der Waals surface area contributed by atoms with Gasteiger partial charge in [-0.05, 0) is 66.9 Å². The molecule has 1 saturated heterocycles. The van der Waals surface area contributed by atoms with Gasteiger partial charge in [0.05, 0.1) is 49.8 Å². The van der Waals surface area contributed by atoms with Crippen LogP contribution in [0.15, 0.2) is 60.8 Å². The fourth-order valence-electron chi connectivity index (χ4n) is 5.13. The molecular weight excluding hydrogens is 490 g/mol. The van der Waals surface area contributed by atoms with E-state index in [1.165, 1.54) is 6.42 Å². The molecule has 0 radical (unpaired) electrons. The number of benzene rings is 2. The summed E-state index contributed by atoms with van der Waals surface area (Å²) in [5.74, 6) is 0.567. The summed E-state index contributed by atoms with van der Waals surface area (Å²) in [5.41, 5.74) is 5.91. The first-order valence-electron chi connectivity index (χ1n) is 13.1. The highest BCUT2D eigenvalue weighted by Crippen LogP contribution is 2.35. The zero-order chi connectivity index (χ0) is 27.0. The normalized spacial score (nSPS) is 18.1. The second-order valence-electron chi connectivity index (χ2n) is 10.3. The van der Waals surface area contributed by atoms with E-state index in [2.05, 4.69) is 39.5 Å². The maximum Gasteiger partial charge on any atom is 0.251 e. The minimum atomic E-state index is -0.773. The summed E-state index contributed by atoms with van der Waals surface area (Å²) in [6.45, 7) is 4.99. The van der Waals surface area contributed by atoms with Gasteiger partial charge in [-0.1, -0.05) is 6.07 Å². The number of pyridine rings is 2. The molecule has 1 atom stereocenters. The average Bonchev–Trinajstić information content (AvgIpc) is 2.94. The van der Waals surface area contributed by atoms with Crippen LogP contribution in [-0.2, 0) is 23.3 Å². The molecule has 1 N–H and O–H groups in total. The first-order chi connectivity index (χ1) is 19.0. The smallest absolute Gasteiger partial charge is 0.251 e. The lowest BCUT2D eigenvalue weighted by atomic mass is 9.79. The van der Waals surface area contributed by atoms with Gasteiger partial charge >= 0.3 is 0 Å². The second kappa shape index (κ2) is 10.0. The predicted octanol–water partition coefficient (Wildman–Crippen LogP) is 4.76. The molecule has 0 aliphatic carbocycles. The summed E-state index contributed by atoms with van der Waals surface area (Å²) in [4.78, 5) is 24.7. The second-order valence-corrected chi connectivity index (χ2v) is 10.3. The van der Waals surface area contributed by atoms with Crippen LogP contribution in [0.25, 0.3) is 22.2 Å². The largest absolute Gasteiger partial charge is 0.496 e. The molecule has 196 valence electrons. The van der Waals surface area contributed by atoms with E-state index in [0.29, 0.717) is 24.5 Å². The Morgan fingerprint density at radius 1 is 1.18 bits per heavy atom. The van der Waals surface area contributed by atoms with Crippen LogP contribution in [0.5, 0.6) is 5.75 Å². The van der Waals surface area contributed by atoms with Gasteiger partial charge in [-0.15, -0.1) is 0 Å². The molecule has 39 heavy (non-hydrogen) atoms. The van der Waals surface area contributed by atoms with Crippen molar-refractivity contribution < 1.29 is 14.3 Å². The third kappa shape index (κ3) is 4.66. The molecule has 0 bridgehead atoms. The topological polar surface area (TPSA) is 100 Å². The number of anilines is 1. The number of methoxy groups -OCH3 is 1. The maximum atomic E-state index is 13.0. The van der Waals surface area contributed by atoms with Crippen LogP contribution >= 0.6 is 0 Å². The first-order valence-corrected chi connectivity index (χ1v) is 13.1. The van der Waals surface area contributed by atoms with Crippen molar-refractivity contribution in [2.45, 2.75) is 31.9 Å². The number of rotatable bonds is 6. The van der Waals surface area contributed by atoms with E-state index in [9.17, 15) is 10.1 Å². The molecule has 2 aromatic heterocycles. The van der Waals surface area contributed by atoms with E-state index in [1.807, 2.05) is 31.2 Å². The summed E-state index contributed by atoms with van der Waals surface area (Å²) < 4.78 is 11.3. The molecule has 4 aromatic rings. The SMILES string of the molecule is COc1cc(N2CCC2)ccc1-c1ccc2cnc(CNC(=O)c3ccc4c(c3)[C@](C)(C#N)COC4)cc2n1. The van der Waals surface area contributed by atoms with E-state index in [1.54, 1.807) is 25.4 Å². The molecule has 0 spiro atoms.